The maximum atomic E-state index is 13.8. The van der Waals surface area contributed by atoms with E-state index in [1.807, 2.05) is 65.8 Å². The van der Waals surface area contributed by atoms with Gasteiger partial charge in [-0.1, -0.05) is 72.2 Å². The van der Waals surface area contributed by atoms with Crippen molar-refractivity contribution in [3.05, 3.63) is 46.5 Å². The fourth-order valence-electron chi connectivity index (χ4n) is 7.90. The molecule has 2 bridgehead atoms. The number of Topliss-reactive ketones (excluding diaryl/α,β-unsaturated/α-hetero) is 2. The van der Waals surface area contributed by atoms with Gasteiger partial charge in [-0.2, -0.15) is 16.8 Å². The highest BCUT2D eigenvalue weighted by atomic mass is 32.2. The van der Waals surface area contributed by atoms with Crippen LogP contribution in [0.3, 0.4) is 0 Å². The number of fused-ring (bicyclic) bond motifs is 2. The molecule has 2 N–H and O–H groups in total. The number of carbonyl (C=O) groups is 2. The second-order valence-corrected chi connectivity index (χ2v) is 16.1. The van der Waals surface area contributed by atoms with Gasteiger partial charge in [-0.15, -0.1) is 0 Å². The topological polar surface area (TPSA) is 143 Å². The molecule has 220 valence electrons. The molecule has 3 saturated carbocycles. The van der Waals surface area contributed by atoms with Crippen molar-refractivity contribution >= 4 is 44.0 Å². The Morgan fingerprint density at radius 2 is 1.32 bits per heavy atom. The second kappa shape index (κ2) is 9.71. The molecule has 8 nitrogen and oxygen atoms in total. The Labute approximate surface area is 237 Å². The molecular weight excluding hydrogens is 552 g/mol. The monoisotopic (exact) mass is 592 g/mol. The van der Waals surface area contributed by atoms with Crippen molar-refractivity contribution in [1.29, 1.82) is 0 Å². The number of benzene rings is 1. The molecule has 0 aliphatic heterocycles. The lowest BCUT2D eigenvalue weighted by Gasteiger charge is -2.41. The van der Waals surface area contributed by atoms with Crippen LogP contribution in [-0.2, 0) is 29.8 Å². The van der Waals surface area contributed by atoms with Gasteiger partial charge in [-0.05, 0) is 70.8 Å². The second-order valence-electron chi connectivity index (χ2n) is 13.1. The Hall–Kier alpha value is -2.14. The molecule has 0 radical (unpaired) electrons. The summed E-state index contributed by atoms with van der Waals surface area (Å²) in [6.45, 7) is 11.4. The first-order valence-corrected chi connectivity index (χ1v) is 17.0. The van der Waals surface area contributed by atoms with Crippen LogP contribution in [0.5, 0.6) is 0 Å². The predicted octanol–water partition coefficient (Wildman–Crippen LogP) is 5.27. The number of hydrogen-bond donors (Lipinski definition) is 2. The molecule has 3 fully saturated rings. The maximum Gasteiger partial charge on any atom is 0.265 e. The first-order valence-electron chi connectivity index (χ1n) is 13.8. The van der Waals surface area contributed by atoms with E-state index >= 15 is 0 Å². The van der Waals surface area contributed by atoms with Crippen LogP contribution in [0.1, 0.15) is 78.4 Å². The van der Waals surface area contributed by atoms with E-state index in [0.29, 0.717) is 36.8 Å². The number of rotatable bonds is 8. The van der Waals surface area contributed by atoms with Gasteiger partial charge in [-0.3, -0.25) is 18.7 Å². The van der Waals surface area contributed by atoms with Gasteiger partial charge in [0.15, 0.2) is 11.6 Å². The van der Waals surface area contributed by atoms with Gasteiger partial charge in [0.05, 0.1) is 22.3 Å². The van der Waals surface area contributed by atoms with Gasteiger partial charge in [0, 0.05) is 5.57 Å². The molecule has 0 amide bonds. The van der Waals surface area contributed by atoms with E-state index in [2.05, 4.69) is 0 Å². The van der Waals surface area contributed by atoms with E-state index in [1.165, 1.54) is 0 Å². The smallest absolute Gasteiger partial charge is 0.265 e. The quantitative estimate of drug-likeness (QED) is 0.307. The lowest BCUT2D eigenvalue weighted by Crippen LogP contribution is -2.45. The summed E-state index contributed by atoms with van der Waals surface area (Å²) in [5.74, 6) is -2.03. The Kier molecular flexibility index (Phi) is 7.48. The van der Waals surface area contributed by atoms with E-state index < -0.39 is 53.4 Å². The molecule has 0 spiro atoms. The van der Waals surface area contributed by atoms with Crippen molar-refractivity contribution in [3.8, 4) is 0 Å². The van der Waals surface area contributed by atoms with Crippen molar-refractivity contribution in [2.45, 2.75) is 67.2 Å². The number of carbonyl (C=O) groups excluding carboxylic acids is 2. The predicted molar refractivity (Wildman–Crippen MR) is 154 cm³/mol. The van der Waals surface area contributed by atoms with Crippen molar-refractivity contribution in [2.24, 2.45) is 33.5 Å². The third kappa shape index (κ3) is 4.74. The molecular formula is C30H40O8S2. The van der Waals surface area contributed by atoms with Crippen molar-refractivity contribution in [3.63, 3.8) is 0 Å². The molecule has 0 saturated heterocycles. The van der Waals surface area contributed by atoms with E-state index in [4.69, 9.17) is 0 Å². The van der Waals surface area contributed by atoms with Crippen LogP contribution in [0.15, 0.2) is 35.4 Å². The zero-order valence-corrected chi connectivity index (χ0v) is 25.7. The van der Waals surface area contributed by atoms with E-state index in [0.717, 1.165) is 11.1 Å². The van der Waals surface area contributed by atoms with Crippen LogP contribution >= 0.6 is 0 Å². The Balaban J connectivity index is 1.67. The van der Waals surface area contributed by atoms with Crippen LogP contribution < -0.4 is 0 Å². The fraction of sp³-hybridized carbons (Fsp3) is 0.600. The summed E-state index contributed by atoms with van der Waals surface area (Å²) < 4.78 is 66.8. The lowest BCUT2D eigenvalue weighted by atomic mass is 9.63. The average Bonchev–Trinajstić information content (AvgIpc) is 3.19. The summed E-state index contributed by atoms with van der Waals surface area (Å²) in [6, 6.07) is 7.30. The van der Waals surface area contributed by atoms with Gasteiger partial charge >= 0.3 is 0 Å². The average molecular weight is 593 g/mol. The minimum Gasteiger partial charge on any atom is -0.294 e. The molecule has 40 heavy (non-hydrogen) atoms. The van der Waals surface area contributed by atoms with Gasteiger partial charge in [0.1, 0.15) is 0 Å². The molecule has 3 aliphatic carbocycles. The molecule has 1 aromatic carbocycles. The Morgan fingerprint density at radius 1 is 0.825 bits per heavy atom. The molecule has 3 aliphatic rings. The third-order valence-corrected chi connectivity index (χ3v) is 12.3. The lowest BCUT2D eigenvalue weighted by molar-refractivity contribution is -0.126. The van der Waals surface area contributed by atoms with E-state index in [1.54, 1.807) is 12.2 Å². The molecule has 4 unspecified atom stereocenters. The minimum atomic E-state index is -4.39. The third-order valence-electron chi connectivity index (χ3n) is 10.6. The van der Waals surface area contributed by atoms with Crippen LogP contribution in [0.25, 0.3) is 12.2 Å². The minimum absolute atomic E-state index is 0.114. The van der Waals surface area contributed by atoms with Gasteiger partial charge in [0.25, 0.3) is 20.2 Å². The Bertz CT molecular complexity index is 1510. The molecule has 10 heteroatoms. The maximum absolute atomic E-state index is 13.8. The highest BCUT2D eigenvalue weighted by molar-refractivity contribution is 7.86. The fourth-order valence-corrected chi connectivity index (χ4v) is 10.4. The van der Waals surface area contributed by atoms with Gasteiger partial charge in [-0.25, -0.2) is 0 Å². The summed E-state index contributed by atoms with van der Waals surface area (Å²) in [5.41, 5.74) is -1.07. The first kappa shape index (κ1) is 30.8. The zero-order valence-electron chi connectivity index (χ0n) is 24.0. The number of allylic oxidation sites excluding steroid dienone is 2. The summed E-state index contributed by atoms with van der Waals surface area (Å²) >= 11 is 0. The van der Waals surface area contributed by atoms with Crippen LogP contribution in [0.4, 0.5) is 0 Å². The molecule has 0 heterocycles. The van der Waals surface area contributed by atoms with Crippen LogP contribution in [0.2, 0.25) is 0 Å². The molecule has 4 atom stereocenters. The first-order chi connectivity index (χ1) is 18.2. The summed E-state index contributed by atoms with van der Waals surface area (Å²) in [4.78, 5) is 27.2. The normalized spacial score (nSPS) is 33.4. The highest BCUT2D eigenvalue weighted by Crippen LogP contribution is 2.66. The molecule has 0 aromatic heterocycles. The summed E-state index contributed by atoms with van der Waals surface area (Å²) in [7, 11) is -8.73. The highest BCUT2D eigenvalue weighted by Gasteiger charge is 2.67. The SMILES string of the molecule is CCCC1(CS(=O)(=O)O)C(=O)/C(=C\c2ccc(/C=C3\C(=O)C4(CS(=O)(=O)O)CCC3C4(C)C)cc2)C(C)C1(C)C. The molecule has 4 rings (SSSR count). The summed E-state index contributed by atoms with van der Waals surface area (Å²) in [6.07, 6.45) is 5.60. The standard InChI is InChI=1S/C30H40O8S2/c1-7-13-29(17-39(33,34)35)25(31)22(19(2)27(29,3)4)15-20-8-10-21(11-9-20)16-23-24-12-14-30(26(23)32,28(24,5)6)18-40(36,37)38/h8-11,15-16,19,24H,7,12-14,17-18H2,1-6H3,(H,33,34,35)(H,36,37,38)/b22-15-,23-16-. The van der Waals surface area contributed by atoms with Crippen LogP contribution in [-0.4, -0.2) is 49.0 Å². The number of ketones is 2. The largest absolute Gasteiger partial charge is 0.294 e. The van der Waals surface area contributed by atoms with E-state index in [9.17, 15) is 35.5 Å². The Morgan fingerprint density at radius 3 is 1.80 bits per heavy atom. The van der Waals surface area contributed by atoms with Crippen molar-refractivity contribution in [2.75, 3.05) is 11.5 Å². The molecule has 1 aromatic rings. The van der Waals surface area contributed by atoms with E-state index in [-0.39, 0.29) is 23.4 Å². The van der Waals surface area contributed by atoms with Crippen molar-refractivity contribution in [1.82, 2.24) is 0 Å². The van der Waals surface area contributed by atoms with Gasteiger partial charge < -0.3 is 0 Å². The van der Waals surface area contributed by atoms with Crippen molar-refractivity contribution < 1.29 is 35.5 Å². The van der Waals surface area contributed by atoms with Gasteiger partial charge in [0.2, 0.25) is 0 Å². The summed E-state index contributed by atoms with van der Waals surface area (Å²) in [5, 5.41) is 0. The zero-order chi connectivity index (χ0) is 30.1. The van der Waals surface area contributed by atoms with Crippen LogP contribution in [0, 0.1) is 33.5 Å². The number of hydrogen-bond acceptors (Lipinski definition) is 6.